The van der Waals surface area contributed by atoms with Gasteiger partial charge in [-0.05, 0) is 36.6 Å². The number of hydrogen-bond donors (Lipinski definition) is 1. The van der Waals surface area contributed by atoms with Crippen LogP contribution in [-0.4, -0.2) is 36.5 Å². The van der Waals surface area contributed by atoms with Crippen molar-refractivity contribution in [1.82, 2.24) is 4.90 Å². The van der Waals surface area contributed by atoms with E-state index in [-0.39, 0.29) is 11.9 Å². The Labute approximate surface area is 107 Å². The van der Waals surface area contributed by atoms with Crippen molar-refractivity contribution < 1.29 is 9.53 Å². The molecule has 0 radical (unpaired) electrons. The van der Waals surface area contributed by atoms with Crippen molar-refractivity contribution in [3.8, 4) is 5.75 Å². The monoisotopic (exact) mass is 246 g/mol. The van der Waals surface area contributed by atoms with Gasteiger partial charge in [0.25, 0.3) is 5.91 Å². The summed E-state index contributed by atoms with van der Waals surface area (Å²) >= 11 is 0. The van der Waals surface area contributed by atoms with E-state index < -0.39 is 0 Å². The van der Waals surface area contributed by atoms with Crippen LogP contribution in [0.1, 0.15) is 28.8 Å². The Morgan fingerprint density at radius 3 is 2.89 bits per heavy atom. The predicted molar refractivity (Wildman–Crippen MR) is 68.8 cm³/mol. The number of ether oxygens (including phenoxy) is 1. The molecule has 2 aliphatic rings. The first-order valence-corrected chi connectivity index (χ1v) is 6.54. The predicted octanol–water partition coefficient (Wildman–Crippen LogP) is 1.18. The van der Waals surface area contributed by atoms with Gasteiger partial charge in [-0.15, -0.1) is 0 Å². The van der Waals surface area contributed by atoms with Crippen molar-refractivity contribution in [2.24, 2.45) is 5.73 Å². The van der Waals surface area contributed by atoms with Gasteiger partial charge in [-0.2, -0.15) is 0 Å². The second-order valence-electron chi connectivity index (χ2n) is 5.05. The number of nitrogens with zero attached hydrogens (tertiary/aromatic N) is 1. The summed E-state index contributed by atoms with van der Waals surface area (Å²) in [4.78, 5) is 14.3. The second-order valence-corrected chi connectivity index (χ2v) is 5.05. The standard InChI is InChI=1S/C14H18N2O2/c15-12-3-6-16(7-4-12)14(17)11-1-2-13-10(9-11)5-8-18-13/h1-2,9,12H,3-8,15H2. The van der Waals surface area contributed by atoms with E-state index in [0.717, 1.165) is 55.8 Å². The molecule has 96 valence electrons. The molecule has 0 spiro atoms. The van der Waals surface area contributed by atoms with E-state index in [0.29, 0.717) is 0 Å². The Morgan fingerprint density at radius 1 is 1.33 bits per heavy atom. The van der Waals surface area contributed by atoms with Crippen LogP contribution in [0.15, 0.2) is 18.2 Å². The van der Waals surface area contributed by atoms with Crippen molar-refractivity contribution in [2.75, 3.05) is 19.7 Å². The van der Waals surface area contributed by atoms with E-state index in [1.54, 1.807) is 0 Å². The van der Waals surface area contributed by atoms with E-state index >= 15 is 0 Å². The van der Waals surface area contributed by atoms with Crippen LogP contribution in [0, 0.1) is 0 Å². The molecule has 0 saturated carbocycles. The summed E-state index contributed by atoms with van der Waals surface area (Å²) in [6, 6.07) is 5.99. The molecule has 4 heteroatoms. The highest BCUT2D eigenvalue weighted by Gasteiger charge is 2.23. The third kappa shape index (κ3) is 2.08. The number of piperidine rings is 1. The molecule has 1 aromatic rings. The Balaban J connectivity index is 1.76. The van der Waals surface area contributed by atoms with E-state index in [2.05, 4.69) is 0 Å². The first-order valence-electron chi connectivity index (χ1n) is 6.54. The fourth-order valence-electron chi connectivity index (χ4n) is 2.60. The molecule has 1 amide bonds. The molecule has 0 aromatic heterocycles. The van der Waals surface area contributed by atoms with Gasteiger partial charge in [0.05, 0.1) is 6.61 Å². The maximum Gasteiger partial charge on any atom is 0.253 e. The molecular formula is C14H18N2O2. The maximum absolute atomic E-state index is 12.4. The van der Waals surface area contributed by atoms with Crippen molar-refractivity contribution in [3.63, 3.8) is 0 Å². The van der Waals surface area contributed by atoms with Crippen LogP contribution >= 0.6 is 0 Å². The molecule has 0 aliphatic carbocycles. The van der Waals surface area contributed by atoms with Gasteiger partial charge in [0.15, 0.2) is 0 Å². The van der Waals surface area contributed by atoms with E-state index in [1.807, 2.05) is 23.1 Å². The summed E-state index contributed by atoms with van der Waals surface area (Å²) < 4.78 is 5.45. The first-order chi connectivity index (χ1) is 8.74. The molecule has 1 fully saturated rings. The maximum atomic E-state index is 12.4. The summed E-state index contributed by atoms with van der Waals surface area (Å²) in [5.74, 6) is 1.05. The summed E-state index contributed by atoms with van der Waals surface area (Å²) in [6.07, 6.45) is 2.71. The molecular weight excluding hydrogens is 228 g/mol. The smallest absolute Gasteiger partial charge is 0.253 e. The molecule has 2 heterocycles. The molecule has 2 N–H and O–H groups in total. The Kier molecular flexibility index (Phi) is 2.96. The van der Waals surface area contributed by atoms with Gasteiger partial charge < -0.3 is 15.4 Å². The zero-order valence-electron chi connectivity index (χ0n) is 10.4. The van der Waals surface area contributed by atoms with Gasteiger partial charge >= 0.3 is 0 Å². The number of fused-ring (bicyclic) bond motifs is 1. The van der Waals surface area contributed by atoms with Crippen molar-refractivity contribution >= 4 is 5.91 Å². The number of likely N-dealkylation sites (tertiary alicyclic amines) is 1. The lowest BCUT2D eigenvalue weighted by molar-refractivity contribution is 0.0714. The van der Waals surface area contributed by atoms with Crippen LogP contribution in [0.2, 0.25) is 0 Å². The fraction of sp³-hybridized carbons (Fsp3) is 0.500. The molecule has 3 rings (SSSR count). The van der Waals surface area contributed by atoms with Gasteiger partial charge in [-0.1, -0.05) is 0 Å². The zero-order valence-corrected chi connectivity index (χ0v) is 10.4. The number of carbonyl (C=O) groups is 1. The number of amides is 1. The molecule has 0 unspecified atom stereocenters. The van der Waals surface area contributed by atoms with Crippen LogP contribution in [0.5, 0.6) is 5.75 Å². The summed E-state index contributed by atoms with van der Waals surface area (Å²) in [5, 5.41) is 0. The van der Waals surface area contributed by atoms with Crippen molar-refractivity contribution in [2.45, 2.75) is 25.3 Å². The minimum atomic E-state index is 0.122. The summed E-state index contributed by atoms with van der Waals surface area (Å²) in [5.41, 5.74) is 7.78. The highest BCUT2D eigenvalue weighted by molar-refractivity contribution is 5.94. The SMILES string of the molecule is NC1CCN(C(=O)c2ccc3c(c2)CCO3)CC1. The third-order valence-corrected chi connectivity index (χ3v) is 3.76. The van der Waals surface area contributed by atoms with Crippen LogP contribution in [0.25, 0.3) is 0 Å². The van der Waals surface area contributed by atoms with E-state index in [1.165, 1.54) is 0 Å². The van der Waals surface area contributed by atoms with Crippen LogP contribution in [0.3, 0.4) is 0 Å². The molecule has 18 heavy (non-hydrogen) atoms. The first kappa shape index (κ1) is 11.5. The Bertz CT molecular complexity index is 465. The van der Waals surface area contributed by atoms with Crippen molar-refractivity contribution in [3.05, 3.63) is 29.3 Å². The van der Waals surface area contributed by atoms with E-state index in [9.17, 15) is 4.79 Å². The molecule has 0 atom stereocenters. The topological polar surface area (TPSA) is 55.6 Å². The third-order valence-electron chi connectivity index (χ3n) is 3.76. The minimum Gasteiger partial charge on any atom is -0.493 e. The second kappa shape index (κ2) is 4.61. The van der Waals surface area contributed by atoms with Gasteiger partial charge in [-0.3, -0.25) is 4.79 Å². The number of hydrogen-bond acceptors (Lipinski definition) is 3. The number of carbonyl (C=O) groups excluding carboxylic acids is 1. The van der Waals surface area contributed by atoms with Crippen LogP contribution in [0.4, 0.5) is 0 Å². The zero-order chi connectivity index (χ0) is 12.5. The molecule has 4 nitrogen and oxygen atoms in total. The van der Waals surface area contributed by atoms with Gasteiger partial charge in [-0.25, -0.2) is 0 Å². The van der Waals surface area contributed by atoms with Gasteiger partial charge in [0.2, 0.25) is 0 Å². The number of benzene rings is 1. The number of rotatable bonds is 1. The quantitative estimate of drug-likeness (QED) is 0.809. The van der Waals surface area contributed by atoms with E-state index in [4.69, 9.17) is 10.5 Å². The van der Waals surface area contributed by atoms with Crippen LogP contribution in [-0.2, 0) is 6.42 Å². The molecule has 2 aliphatic heterocycles. The fourth-order valence-corrected chi connectivity index (χ4v) is 2.60. The largest absolute Gasteiger partial charge is 0.493 e. The minimum absolute atomic E-state index is 0.122. The lowest BCUT2D eigenvalue weighted by Crippen LogP contribution is -2.42. The lowest BCUT2D eigenvalue weighted by atomic mass is 10.0. The Morgan fingerprint density at radius 2 is 2.11 bits per heavy atom. The molecule has 0 bridgehead atoms. The van der Waals surface area contributed by atoms with Crippen molar-refractivity contribution in [1.29, 1.82) is 0 Å². The highest BCUT2D eigenvalue weighted by atomic mass is 16.5. The van der Waals surface area contributed by atoms with Gasteiger partial charge in [0, 0.05) is 31.1 Å². The lowest BCUT2D eigenvalue weighted by Gasteiger charge is -2.30. The average molecular weight is 246 g/mol. The highest BCUT2D eigenvalue weighted by Crippen LogP contribution is 2.26. The number of nitrogens with two attached hydrogens (primary N) is 1. The van der Waals surface area contributed by atoms with Gasteiger partial charge in [0.1, 0.15) is 5.75 Å². The normalized spacial score (nSPS) is 19.5. The summed E-state index contributed by atoms with van der Waals surface area (Å²) in [7, 11) is 0. The molecule has 1 aromatic carbocycles. The van der Waals surface area contributed by atoms with Crippen LogP contribution < -0.4 is 10.5 Å². The molecule has 1 saturated heterocycles. The average Bonchev–Trinajstić information content (AvgIpc) is 2.86. The Hall–Kier alpha value is -1.55. The summed E-state index contributed by atoms with van der Waals surface area (Å²) in [6.45, 7) is 2.27.